The molecule has 0 spiro atoms. The first-order valence-electron chi connectivity index (χ1n) is 5.71. The largest absolute Gasteiger partial charge is 0.393 e. The van der Waals surface area contributed by atoms with Crippen molar-refractivity contribution in [3.05, 3.63) is 0 Å². The molecular weight excluding hydrogens is 194 g/mol. The first-order valence-corrected chi connectivity index (χ1v) is 5.71. The third-order valence-electron chi connectivity index (χ3n) is 2.63. The lowest BCUT2D eigenvalue weighted by atomic mass is 10.0. The first kappa shape index (κ1) is 12.5. The van der Waals surface area contributed by atoms with Gasteiger partial charge in [0.1, 0.15) is 0 Å². The van der Waals surface area contributed by atoms with Crippen molar-refractivity contribution in [2.75, 3.05) is 19.8 Å². The van der Waals surface area contributed by atoms with E-state index in [-0.39, 0.29) is 5.91 Å². The lowest BCUT2D eigenvalue weighted by molar-refractivity contribution is -0.122. The Bertz CT molecular complexity index is 188. The summed E-state index contributed by atoms with van der Waals surface area (Å²) in [5.41, 5.74) is 0. The van der Waals surface area contributed by atoms with Gasteiger partial charge in [-0.15, -0.1) is 0 Å². The van der Waals surface area contributed by atoms with Crippen LogP contribution in [0.1, 0.15) is 32.6 Å². The van der Waals surface area contributed by atoms with Crippen molar-refractivity contribution < 1.29 is 14.6 Å². The van der Waals surface area contributed by atoms with E-state index in [0.29, 0.717) is 25.3 Å². The zero-order chi connectivity index (χ0) is 11.1. The van der Waals surface area contributed by atoms with E-state index in [1.165, 1.54) is 0 Å². The number of aliphatic hydroxyl groups is 1. The maximum Gasteiger partial charge on any atom is 0.220 e. The van der Waals surface area contributed by atoms with Gasteiger partial charge in [-0.05, 0) is 32.1 Å². The summed E-state index contributed by atoms with van der Waals surface area (Å²) in [6, 6.07) is 0. The zero-order valence-electron chi connectivity index (χ0n) is 9.37. The average molecular weight is 215 g/mol. The van der Waals surface area contributed by atoms with Crippen LogP contribution in [-0.2, 0) is 9.53 Å². The van der Waals surface area contributed by atoms with E-state index < -0.39 is 6.10 Å². The molecule has 1 fully saturated rings. The summed E-state index contributed by atoms with van der Waals surface area (Å²) >= 11 is 0. The van der Waals surface area contributed by atoms with E-state index in [4.69, 9.17) is 9.84 Å². The molecule has 1 aliphatic rings. The van der Waals surface area contributed by atoms with Crippen molar-refractivity contribution in [3.63, 3.8) is 0 Å². The highest BCUT2D eigenvalue weighted by atomic mass is 16.5. The van der Waals surface area contributed by atoms with Gasteiger partial charge in [0.2, 0.25) is 5.91 Å². The average Bonchev–Trinajstić information content (AvgIpc) is 2.25. The first-order chi connectivity index (χ1) is 7.18. The van der Waals surface area contributed by atoms with Crippen molar-refractivity contribution >= 4 is 5.91 Å². The smallest absolute Gasteiger partial charge is 0.220 e. The van der Waals surface area contributed by atoms with Crippen molar-refractivity contribution in [1.82, 2.24) is 5.32 Å². The normalized spacial score (nSPS) is 23.5. The van der Waals surface area contributed by atoms with Gasteiger partial charge in [0, 0.05) is 19.6 Å². The molecule has 2 unspecified atom stereocenters. The van der Waals surface area contributed by atoms with Gasteiger partial charge in [0.15, 0.2) is 0 Å². The van der Waals surface area contributed by atoms with Crippen LogP contribution in [0.15, 0.2) is 0 Å². The summed E-state index contributed by atoms with van der Waals surface area (Å²) < 4.78 is 5.32. The number of aliphatic hydroxyl groups excluding tert-OH is 1. The molecule has 0 aliphatic carbocycles. The van der Waals surface area contributed by atoms with Gasteiger partial charge in [-0.3, -0.25) is 4.79 Å². The van der Waals surface area contributed by atoms with Crippen LogP contribution in [0.5, 0.6) is 0 Å². The number of ether oxygens (including phenoxy) is 1. The molecule has 1 heterocycles. The summed E-state index contributed by atoms with van der Waals surface area (Å²) in [4.78, 5) is 11.3. The molecule has 1 rings (SSSR count). The Morgan fingerprint density at radius 1 is 1.67 bits per heavy atom. The quantitative estimate of drug-likeness (QED) is 0.709. The van der Waals surface area contributed by atoms with Crippen LogP contribution in [0.3, 0.4) is 0 Å². The molecule has 1 aliphatic heterocycles. The molecule has 0 radical (unpaired) electrons. The van der Waals surface area contributed by atoms with E-state index in [1.54, 1.807) is 6.92 Å². The van der Waals surface area contributed by atoms with Crippen LogP contribution in [0.2, 0.25) is 0 Å². The van der Waals surface area contributed by atoms with Gasteiger partial charge in [-0.25, -0.2) is 0 Å². The van der Waals surface area contributed by atoms with Crippen molar-refractivity contribution in [3.8, 4) is 0 Å². The highest BCUT2D eigenvalue weighted by molar-refractivity contribution is 5.75. The number of rotatable bonds is 5. The molecule has 4 nitrogen and oxygen atoms in total. The Morgan fingerprint density at radius 2 is 2.47 bits per heavy atom. The van der Waals surface area contributed by atoms with Gasteiger partial charge < -0.3 is 15.2 Å². The van der Waals surface area contributed by atoms with E-state index in [1.807, 2.05) is 0 Å². The number of hydrogen-bond acceptors (Lipinski definition) is 3. The Labute approximate surface area is 91.0 Å². The summed E-state index contributed by atoms with van der Waals surface area (Å²) in [5, 5.41) is 11.9. The second kappa shape index (κ2) is 6.80. The molecule has 4 heteroatoms. The Hall–Kier alpha value is -0.610. The third-order valence-corrected chi connectivity index (χ3v) is 2.63. The molecule has 0 saturated carbocycles. The Balaban J connectivity index is 2.05. The zero-order valence-corrected chi connectivity index (χ0v) is 9.37. The van der Waals surface area contributed by atoms with Gasteiger partial charge >= 0.3 is 0 Å². The summed E-state index contributed by atoms with van der Waals surface area (Å²) in [7, 11) is 0. The predicted molar refractivity (Wildman–Crippen MR) is 57.5 cm³/mol. The van der Waals surface area contributed by atoms with E-state index in [0.717, 1.165) is 26.1 Å². The second-order valence-electron chi connectivity index (χ2n) is 4.27. The molecule has 2 atom stereocenters. The molecule has 1 amide bonds. The van der Waals surface area contributed by atoms with Gasteiger partial charge in [-0.1, -0.05) is 0 Å². The maximum atomic E-state index is 11.3. The summed E-state index contributed by atoms with van der Waals surface area (Å²) in [6.45, 7) is 4.02. The third kappa shape index (κ3) is 5.74. The van der Waals surface area contributed by atoms with Crippen LogP contribution >= 0.6 is 0 Å². The minimum atomic E-state index is -0.395. The lowest BCUT2D eigenvalue weighted by Gasteiger charge is -2.22. The van der Waals surface area contributed by atoms with Crippen LogP contribution < -0.4 is 5.32 Å². The Morgan fingerprint density at radius 3 is 3.07 bits per heavy atom. The number of nitrogens with one attached hydrogen (secondary N) is 1. The monoisotopic (exact) mass is 215 g/mol. The van der Waals surface area contributed by atoms with Crippen LogP contribution in [-0.4, -0.2) is 36.9 Å². The second-order valence-corrected chi connectivity index (χ2v) is 4.27. The van der Waals surface area contributed by atoms with Crippen LogP contribution in [0.25, 0.3) is 0 Å². The van der Waals surface area contributed by atoms with Gasteiger partial charge in [0.05, 0.1) is 12.7 Å². The van der Waals surface area contributed by atoms with E-state index in [9.17, 15) is 4.79 Å². The Kier molecular flexibility index (Phi) is 5.65. The molecule has 88 valence electrons. The van der Waals surface area contributed by atoms with Gasteiger partial charge in [0.25, 0.3) is 0 Å². The van der Waals surface area contributed by atoms with Crippen LogP contribution in [0.4, 0.5) is 0 Å². The van der Waals surface area contributed by atoms with Crippen molar-refractivity contribution in [1.29, 1.82) is 0 Å². The minimum absolute atomic E-state index is 0.0291. The van der Waals surface area contributed by atoms with Gasteiger partial charge in [-0.2, -0.15) is 0 Å². The molecule has 0 bridgehead atoms. The summed E-state index contributed by atoms with van der Waals surface area (Å²) in [5.74, 6) is 0.496. The maximum absolute atomic E-state index is 11.3. The standard InChI is InChI=1S/C11H21NO3/c1-9(13)4-5-11(14)12-7-10-3-2-6-15-8-10/h9-10,13H,2-8H2,1H3,(H,12,14). The summed E-state index contributed by atoms with van der Waals surface area (Å²) in [6.07, 6.45) is 2.78. The van der Waals surface area contributed by atoms with E-state index >= 15 is 0 Å². The fourth-order valence-electron chi connectivity index (χ4n) is 1.65. The van der Waals surface area contributed by atoms with Crippen molar-refractivity contribution in [2.24, 2.45) is 5.92 Å². The predicted octanol–water partition coefficient (Wildman–Crippen LogP) is 0.690. The fourth-order valence-corrected chi connectivity index (χ4v) is 1.65. The number of carbonyl (C=O) groups is 1. The van der Waals surface area contributed by atoms with Crippen molar-refractivity contribution in [2.45, 2.75) is 38.7 Å². The minimum Gasteiger partial charge on any atom is -0.393 e. The fraction of sp³-hybridized carbons (Fsp3) is 0.909. The lowest BCUT2D eigenvalue weighted by Crippen LogP contribution is -2.33. The van der Waals surface area contributed by atoms with Crippen LogP contribution in [0, 0.1) is 5.92 Å². The topological polar surface area (TPSA) is 58.6 Å². The SMILES string of the molecule is CC(O)CCC(=O)NCC1CCCOC1. The molecule has 1 saturated heterocycles. The molecule has 15 heavy (non-hydrogen) atoms. The molecule has 0 aromatic carbocycles. The number of hydrogen-bond donors (Lipinski definition) is 2. The molecule has 2 N–H and O–H groups in total. The van der Waals surface area contributed by atoms with E-state index in [2.05, 4.69) is 5.32 Å². The highest BCUT2D eigenvalue weighted by Gasteiger charge is 2.14. The molecular formula is C11H21NO3. The number of amides is 1. The number of carbonyl (C=O) groups excluding carboxylic acids is 1. The highest BCUT2D eigenvalue weighted by Crippen LogP contribution is 2.12. The molecule has 0 aromatic heterocycles. The molecule has 0 aromatic rings.